The molecule has 0 amide bonds. The lowest BCUT2D eigenvalue weighted by Gasteiger charge is -2.25. The second kappa shape index (κ2) is 6.83. The maximum absolute atomic E-state index is 14.0. The van der Waals surface area contributed by atoms with Gasteiger partial charge in [-0.1, -0.05) is 0 Å². The molecule has 20 heavy (non-hydrogen) atoms. The van der Waals surface area contributed by atoms with Gasteiger partial charge in [0.05, 0.1) is 6.10 Å². The first kappa shape index (κ1) is 15.0. The molecule has 1 N–H and O–H groups in total. The van der Waals surface area contributed by atoms with Gasteiger partial charge in [-0.15, -0.1) is 0 Å². The van der Waals surface area contributed by atoms with Crippen LogP contribution in [0.5, 0.6) is 0 Å². The number of halogens is 2. The van der Waals surface area contributed by atoms with Gasteiger partial charge < -0.3 is 15.0 Å². The summed E-state index contributed by atoms with van der Waals surface area (Å²) in [6.07, 6.45) is 2.10. The van der Waals surface area contributed by atoms with Gasteiger partial charge in [-0.2, -0.15) is 0 Å². The molecule has 0 saturated carbocycles. The van der Waals surface area contributed by atoms with Crippen LogP contribution >= 0.6 is 0 Å². The predicted octanol–water partition coefficient (Wildman–Crippen LogP) is 2.80. The first-order valence-electron chi connectivity index (χ1n) is 7.12. The second-order valence-corrected chi connectivity index (χ2v) is 4.83. The zero-order chi connectivity index (χ0) is 14.5. The zero-order valence-corrected chi connectivity index (χ0v) is 12.0. The summed E-state index contributed by atoms with van der Waals surface area (Å²) in [6, 6.07) is 0.887. The van der Waals surface area contributed by atoms with Crippen molar-refractivity contribution < 1.29 is 13.5 Å². The lowest BCUT2D eigenvalue weighted by molar-refractivity contribution is 0.115. The molecule has 1 aliphatic rings. The largest absolute Gasteiger partial charge is 0.376 e. The topological polar surface area (TPSA) is 37.4 Å². The third-order valence-electron chi connectivity index (χ3n) is 3.38. The summed E-state index contributed by atoms with van der Waals surface area (Å²) in [4.78, 5) is 5.88. The maximum Gasteiger partial charge on any atom is 0.168 e. The molecule has 112 valence electrons. The van der Waals surface area contributed by atoms with E-state index in [0.29, 0.717) is 19.6 Å². The molecule has 6 heteroatoms. The van der Waals surface area contributed by atoms with E-state index >= 15 is 0 Å². The molecule has 0 aromatic carbocycles. The standard InChI is InChI=1S/C14H21F2N3O/c1-3-17-13-11(15)8-12(16)14(18-13)19(4-2)9-10-6-5-7-20-10/h8,10H,3-7,9H2,1-2H3,(H,17,18). The van der Waals surface area contributed by atoms with Crippen LogP contribution < -0.4 is 10.2 Å². The lowest BCUT2D eigenvalue weighted by Crippen LogP contribution is -2.33. The predicted molar refractivity (Wildman–Crippen MR) is 75.2 cm³/mol. The van der Waals surface area contributed by atoms with Crippen LogP contribution in [-0.2, 0) is 4.74 Å². The van der Waals surface area contributed by atoms with Crippen molar-refractivity contribution >= 4 is 11.6 Å². The third-order valence-corrected chi connectivity index (χ3v) is 3.38. The molecule has 0 bridgehead atoms. The van der Waals surface area contributed by atoms with Crippen molar-refractivity contribution in [3.8, 4) is 0 Å². The van der Waals surface area contributed by atoms with E-state index in [1.807, 2.05) is 13.8 Å². The summed E-state index contributed by atoms with van der Waals surface area (Å²) >= 11 is 0. The number of anilines is 2. The van der Waals surface area contributed by atoms with Crippen LogP contribution in [-0.4, -0.2) is 37.3 Å². The number of pyridine rings is 1. The van der Waals surface area contributed by atoms with Gasteiger partial charge in [-0.3, -0.25) is 0 Å². The van der Waals surface area contributed by atoms with E-state index in [4.69, 9.17) is 4.74 Å². The smallest absolute Gasteiger partial charge is 0.168 e. The van der Waals surface area contributed by atoms with Crippen LogP contribution in [0.1, 0.15) is 26.7 Å². The minimum Gasteiger partial charge on any atom is -0.376 e. The monoisotopic (exact) mass is 285 g/mol. The first-order valence-corrected chi connectivity index (χ1v) is 7.12. The molecule has 1 aliphatic heterocycles. The minimum absolute atomic E-state index is 0.0923. The number of likely N-dealkylation sites (N-methyl/N-ethyl adjacent to an activating group) is 1. The Morgan fingerprint density at radius 2 is 2.20 bits per heavy atom. The summed E-state index contributed by atoms with van der Waals surface area (Å²) in [6.45, 7) is 6.23. The van der Waals surface area contributed by atoms with E-state index in [-0.39, 0.29) is 17.7 Å². The molecule has 2 rings (SSSR count). The molecule has 0 radical (unpaired) electrons. The number of aromatic nitrogens is 1. The molecular formula is C14H21F2N3O. The fraction of sp³-hybridized carbons (Fsp3) is 0.643. The zero-order valence-electron chi connectivity index (χ0n) is 12.0. The summed E-state index contributed by atoms with van der Waals surface area (Å²) < 4.78 is 33.1. The Morgan fingerprint density at radius 3 is 2.80 bits per heavy atom. The molecule has 0 spiro atoms. The molecule has 2 heterocycles. The van der Waals surface area contributed by atoms with Crippen LogP contribution in [0.25, 0.3) is 0 Å². The Kier molecular flexibility index (Phi) is 5.11. The van der Waals surface area contributed by atoms with Crippen molar-refractivity contribution in [3.63, 3.8) is 0 Å². The fourth-order valence-electron chi connectivity index (χ4n) is 2.37. The average molecular weight is 285 g/mol. The van der Waals surface area contributed by atoms with E-state index < -0.39 is 11.6 Å². The van der Waals surface area contributed by atoms with Crippen LogP contribution in [0.3, 0.4) is 0 Å². The van der Waals surface area contributed by atoms with E-state index in [0.717, 1.165) is 25.5 Å². The Hall–Kier alpha value is -1.43. The van der Waals surface area contributed by atoms with Crippen LogP contribution in [0.2, 0.25) is 0 Å². The number of rotatable bonds is 6. The van der Waals surface area contributed by atoms with Gasteiger partial charge >= 0.3 is 0 Å². The molecule has 1 atom stereocenters. The highest BCUT2D eigenvalue weighted by Gasteiger charge is 2.22. The highest BCUT2D eigenvalue weighted by molar-refractivity contribution is 5.49. The third kappa shape index (κ3) is 3.36. The Bertz CT molecular complexity index is 450. The summed E-state index contributed by atoms with van der Waals surface area (Å²) in [7, 11) is 0. The van der Waals surface area contributed by atoms with Crippen molar-refractivity contribution in [2.24, 2.45) is 0 Å². The SMILES string of the molecule is CCNc1nc(N(CC)CC2CCCO2)c(F)cc1F. The van der Waals surface area contributed by atoms with Gasteiger partial charge in [0, 0.05) is 32.3 Å². The quantitative estimate of drug-likeness (QED) is 0.872. The number of hydrogen-bond acceptors (Lipinski definition) is 4. The summed E-state index contributed by atoms with van der Waals surface area (Å²) in [5, 5.41) is 2.81. The Balaban J connectivity index is 2.20. The number of ether oxygens (including phenoxy) is 1. The number of hydrogen-bond donors (Lipinski definition) is 1. The van der Waals surface area contributed by atoms with Crippen molar-refractivity contribution in [2.75, 3.05) is 36.5 Å². The molecular weight excluding hydrogens is 264 g/mol. The van der Waals surface area contributed by atoms with Crippen molar-refractivity contribution in [2.45, 2.75) is 32.8 Å². The van der Waals surface area contributed by atoms with E-state index in [2.05, 4.69) is 10.3 Å². The minimum atomic E-state index is -0.665. The van der Waals surface area contributed by atoms with Gasteiger partial charge in [0.1, 0.15) is 0 Å². The van der Waals surface area contributed by atoms with E-state index in [9.17, 15) is 8.78 Å². The molecule has 4 nitrogen and oxygen atoms in total. The van der Waals surface area contributed by atoms with Gasteiger partial charge in [0.15, 0.2) is 23.3 Å². The molecule has 1 aromatic heterocycles. The number of nitrogens with one attached hydrogen (secondary N) is 1. The van der Waals surface area contributed by atoms with Crippen molar-refractivity contribution in [3.05, 3.63) is 17.7 Å². The van der Waals surface area contributed by atoms with Gasteiger partial charge in [-0.25, -0.2) is 13.8 Å². The normalized spacial score (nSPS) is 18.3. The highest BCUT2D eigenvalue weighted by Crippen LogP contribution is 2.24. The highest BCUT2D eigenvalue weighted by atomic mass is 19.1. The first-order chi connectivity index (χ1) is 9.65. The van der Waals surface area contributed by atoms with Crippen molar-refractivity contribution in [1.82, 2.24) is 4.98 Å². The molecule has 1 unspecified atom stereocenters. The summed E-state index contributed by atoms with van der Waals surface area (Å²) in [5.74, 6) is -1.03. The van der Waals surface area contributed by atoms with Gasteiger partial charge in [0.2, 0.25) is 0 Å². The van der Waals surface area contributed by atoms with Crippen LogP contribution in [0.15, 0.2) is 6.07 Å². The maximum atomic E-state index is 14.0. The summed E-state index contributed by atoms with van der Waals surface area (Å²) in [5.41, 5.74) is 0. The van der Waals surface area contributed by atoms with Gasteiger partial charge in [-0.05, 0) is 26.7 Å². The van der Waals surface area contributed by atoms with Crippen LogP contribution in [0.4, 0.5) is 20.4 Å². The fourth-order valence-corrected chi connectivity index (χ4v) is 2.37. The molecule has 0 aliphatic carbocycles. The van der Waals surface area contributed by atoms with E-state index in [1.165, 1.54) is 0 Å². The van der Waals surface area contributed by atoms with Gasteiger partial charge in [0.25, 0.3) is 0 Å². The lowest BCUT2D eigenvalue weighted by atomic mass is 10.2. The Morgan fingerprint density at radius 1 is 1.40 bits per heavy atom. The van der Waals surface area contributed by atoms with E-state index in [1.54, 1.807) is 4.90 Å². The average Bonchev–Trinajstić information content (AvgIpc) is 2.92. The molecule has 1 saturated heterocycles. The molecule has 1 aromatic rings. The van der Waals surface area contributed by atoms with Crippen LogP contribution in [0, 0.1) is 11.6 Å². The number of nitrogens with zero attached hydrogens (tertiary/aromatic N) is 2. The van der Waals surface area contributed by atoms with Crippen molar-refractivity contribution in [1.29, 1.82) is 0 Å². The Labute approximate surface area is 118 Å². The second-order valence-electron chi connectivity index (χ2n) is 4.83. The molecule has 1 fully saturated rings.